The molecule has 1 unspecified atom stereocenters. The van der Waals surface area contributed by atoms with E-state index in [1.807, 2.05) is 0 Å². The summed E-state index contributed by atoms with van der Waals surface area (Å²) in [6.07, 6.45) is 6.54. The summed E-state index contributed by atoms with van der Waals surface area (Å²) in [6.45, 7) is 7.76. The fraction of sp³-hybridized carbons (Fsp3) is 0.667. The summed E-state index contributed by atoms with van der Waals surface area (Å²) in [5, 5.41) is 3.45. The quantitative estimate of drug-likeness (QED) is 0.840. The van der Waals surface area contributed by atoms with Crippen molar-refractivity contribution in [2.75, 3.05) is 6.54 Å². The molecule has 2 heteroatoms. The summed E-state index contributed by atoms with van der Waals surface area (Å²) in [6, 6.07) is 9.20. The predicted octanol–water partition coefficient (Wildman–Crippen LogP) is 4.18. The molecule has 2 rings (SSSR count). The van der Waals surface area contributed by atoms with Crippen molar-refractivity contribution in [2.45, 2.75) is 65.0 Å². The van der Waals surface area contributed by atoms with Gasteiger partial charge < -0.3 is 10.1 Å². The molecule has 0 heterocycles. The molecule has 0 amide bonds. The SMILES string of the molecule is CCNC(C)Cc1ccc(OC2CCC(C)CC2)cc1. The third-order valence-corrected chi connectivity index (χ3v) is 4.28. The van der Waals surface area contributed by atoms with Crippen molar-refractivity contribution in [3.8, 4) is 5.75 Å². The number of hydrogen-bond donors (Lipinski definition) is 1. The van der Waals surface area contributed by atoms with Crippen LogP contribution in [-0.4, -0.2) is 18.7 Å². The highest BCUT2D eigenvalue weighted by Gasteiger charge is 2.19. The van der Waals surface area contributed by atoms with Crippen LogP contribution < -0.4 is 10.1 Å². The molecular formula is C18H29NO. The average Bonchev–Trinajstić information content (AvgIpc) is 2.44. The Morgan fingerprint density at radius 2 is 1.80 bits per heavy atom. The summed E-state index contributed by atoms with van der Waals surface area (Å²) in [5.41, 5.74) is 1.38. The Morgan fingerprint density at radius 3 is 2.40 bits per heavy atom. The Bertz CT molecular complexity index is 379. The molecule has 1 N–H and O–H groups in total. The zero-order valence-corrected chi connectivity index (χ0v) is 13.2. The van der Waals surface area contributed by atoms with Crippen LogP contribution in [0.15, 0.2) is 24.3 Å². The maximum absolute atomic E-state index is 6.10. The molecule has 1 fully saturated rings. The maximum Gasteiger partial charge on any atom is 0.119 e. The van der Waals surface area contributed by atoms with Crippen molar-refractivity contribution < 1.29 is 4.74 Å². The van der Waals surface area contributed by atoms with Crippen molar-refractivity contribution in [2.24, 2.45) is 5.92 Å². The second-order valence-corrected chi connectivity index (χ2v) is 6.31. The van der Waals surface area contributed by atoms with Gasteiger partial charge in [0.25, 0.3) is 0 Å². The highest BCUT2D eigenvalue weighted by Crippen LogP contribution is 2.27. The molecule has 20 heavy (non-hydrogen) atoms. The first-order valence-electron chi connectivity index (χ1n) is 8.16. The summed E-state index contributed by atoms with van der Waals surface area (Å²) in [7, 11) is 0. The smallest absolute Gasteiger partial charge is 0.119 e. The average molecular weight is 275 g/mol. The second kappa shape index (κ2) is 7.68. The molecule has 0 aliphatic heterocycles. The number of likely N-dealkylation sites (N-methyl/N-ethyl adjacent to an activating group) is 1. The largest absolute Gasteiger partial charge is 0.490 e. The van der Waals surface area contributed by atoms with Crippen molar-refractivity contribution >= 4 is 0 Å². The Hall–Kier alpha value is -1.02. The van der Waals surface area contributed by atoms with E-state index in [1.54, 1.807) is 0 Å². The zero-order valence-electron chi connectivity index (χ0n) is 13.2. The Kier molecular flexibility index (Phi) is 5.90. The first-order chi connectivity index (χ1) is 9.67. The van der Waals surface area contributed by atoms with E-state index in [-0.39, 0.29) is 0 Å². The highest BCUT2D eigenvalue weighted by molar-refractivity contribution is 5.28. The minimum atomic E-state index is 0.428. The van der Waals surface area contributed by atoms with E-state index in [4.69, 9.17) is 4.74 Å². The third-order valence-electron chi connectivity index (χ3n) is 4.28. The molecule has 0 bridgehead atoms. The van der Waals surface area contributed by atoms with Gasteiger partial charge in [-0.3, -0.25) is 0 Å². The number of hydrogen-bond acceptors (Lipinski definition) is 2. The van der Waals surface area contributed by atoms with E-state index >= 15 is 0 Å². The molecule has 1 aromatic rings. The fourth-order valence-corrected chi connectivity index (χ4v) is 3.02. The van der Waals surface area contributed by atoms with E-state index in [9.17, 15) is 0 Å². The van der Waals surface area contributed by atoms with Gasteiger partial charge in [0.15, 0.2) is 0 Å². The number of benzene rings is 1. The molecule has 0 saturated heterocycles. The summed E-state index contributed by atoms with van der Waals surface area (Å²) in [5.74, 6) is 1.91. The van der Waals surface area contributed by atoms with Crippen molar-refractivity contribution in [3.05, 3.63) is 29.8 Å². The Balaban J connectivity index is 1.82. The number of rotatable bonds is 6. The summed E-state index contributed by atoms with van der Waals surface area (Å²) >= 11 is 0. The lowest BCUT2D eigenvalue weighted by Crippen LogP contribution is -2.27. The van der Waals surface area contributed by atoms with Crippen LogP contribution in [0.2, 0.25) is 0 Å². The fourth-order valence-electron chi connectivity index (χ4n) is 3.02. The summed E-state index contributed by atoms with van der Waals surface area (Å²) < 4.78 is 6.10. The van der Waals surface area contributed by atoms with Gasteiger partial charge in [0.1, 0.15) is 5.75 Å². The Labute approximate surface area is 123 Å². The van der Waals surface area contributed by atoms with Gasteiger partial charge in [-0.15, -0.1) is 0 Å². The predicted molar refractivity (Wildman–Crippen MR) is 85.3 cm³/mol. The van der Waals surface area contributed by atoms with E-state index in [0.29, 0.717) is 12.1 Å². The highest BCUT2D eigenvalue weighted by atomic mass is 16.5. The van der Waals surface area contributed by atoms with Crippen LogP contribution in [0.1, 0.15) is 52.0 Å². The van der Waals surface area contributed by atoms with Crippen molar-refractivity contribution in [3.63, 3.8) is 0 Å². The van der Waals surface area contributed by atoms with Crippen LogP contribution in [-0.2, 0) is 6.42 Å². The molecule has 112 valence electrons. The van der Waals surface area contributed by atoms with Crippen LogP contribution in [0.4, 0.5) is 0 Å². The van der Waals surface area contributed by atoms with Crippen LogP contribution in [0.3, 0.4) is 0 Å². The monoisotopic (exact) mass is 275 g/mol. The lowest BCUT2D eigenvalue weighted by Gasteiger charge is -2.27. The minimum absolute atomic E-state index is 0.428. The number of nitrogens with one attached hydrogen (secondary N) is 1. The van der Waals surface area contributed by atoms with E-state index < -0.39 is 0 Å². The van der Waals surface area contributed by atoms with Gasteiger partial charge in [-0.1, -0.05) is 26.0 Å². The lowest BCUT2D eigenvalue weighted by atomic mass is 9.89. The molecule has 1 atom stereocenters. The van der Waals surface area contributed by atoms with Crippen LogP contribution in [0, 0.1) is 5.92 Å². The van der Waals surface area contributed by atoms with Gasteiger partial charge in [-0.05, 0) is 69.2 Å². The van der Waals surface area contributed by atoms with E-state index in [2.05, 4.69) is 50.4 Å². The molecule has 1 aliphatic rings. The normalized spacial score (nSPS) is 24.4. The van der Waals surface area contributed by atoms with E-state index in [0.717, 1.165) is 24.6 Å². The van der Waals surface area contributed by atoms with Gasteiger partial charge in [-0.25, -0.2) is 0 Å². The van der Waals surface area contributed by atoms with Gasteiger partial charge in [-0.2, -0.15) is 0 Å². The van der Waals surface area contributed by atoms with Gasteiger partial charge in [0.05, 0.1) is 6.10 Å². The first kappa shape index (κ1) is 15.4. The van der Waals surface area contributed by atoms with Gasteiger partial charge >= 0.3 is 0 Å². The summed E-state index contributed by atoms with van der Waals surface area (Å²) in [4.78, 5) is 0. The third kappa shape index (κ3) is 4.82. The molecule has 1 saturated carbocycles. The molecular weight excluding hydrogens is 246 g/mol. The van der Waals surface area contributed by atoms with Gasteiger partial charge in [0, 0.05) is 6.04 Å². The van der Waals surface area contributed by atoms with E-state index in [1.165, 1.54) is 31.2 Å². The van der Waals surface area contributed by atoms with Crippen LogP contribution in [0.25, 0.3) is 0 Å². The molecule has 0 radical (unpaired) electrons. The second-order valence-electron chi connectivity index (χ2n) is 6.31. The first-order valence-corrected chi connectivity index (χ1v) is 8.16. The van der Waals surface area contributed by atoms with Crippen molar-refractivity contribution in [1.82, 2.24) is 5.32 Å². The standard InChI is InChI=1S/C18H29NO/c1-4-19-15(3)13-16-7-11-18(12-8-16)20-17-9-5-14(2)6-10-17/h7-8,11-12,14-15,17,19H,4-6,9-10,13H2,1-3H3. The zero-order chi connectivity index (χ0) is 14.4. The topological polar surface area (TPSA) is 21.3 Å². The van der Waals surface area contributed by atoms with Crippen LogP contribution >= 0.6 is 0 Å². The molecule has 2 nitrogen and oxygen atoms in total. The van der Waals surface area contributed by atoms with Crippen LogP contribution in [0.5, 0.6) is 5.75 Å². The molecule has 0 spiro atoms. The molecule has 1 aliphatic carbocycles. The molecule has 0 aromatic heterocycles. The maximum atomic E-state index is 6.10. The molecule has 1 aromatic carbocycles. The lowest BCUT2D eigenvalue weighted by molar-refractivity contribution is 0.135. The van der Waals surface area contributed by atoms with Gasteiger partial charge in [0.2, 0.25) is 0 Å². The minimum Gasteiger partial charge on any atom is -0.490 e. The number of ether oxygens (including phenoxy) is 1. The van der Waals surface area contributed by atoms with Crippen molar-refractivity contribution in [1.29, 1.82) is 0 Å². The Morgan fingerprint density at radius 1 is 1.15 bits per heavy atom.